The summed E-state index contributed by atoms with van der Waals surface area (Å²) in [7, 11) is -2.16. The predicted octanol–water partition coefficient (Wildman–Crippen LogP) is 2.42. The molecule has 0 spiro atoms. The molecule has 0 aromatic rings. The van der Waals surface area contributed by atoms with Crippen LogP contribution in [0.3, 0.4) is 0 Å². The van der Waals surface area contributed by atoms with Crippen LogP contribution in [0.15, 0.2) is 71.7 Å². The molecule has 0 rings (SSSR count). The zero-order valence-corrected chi connectivity index (χ0v) is 15.1. The van der Waals surface area contributed by atoms with Gasteiger partial charge in [0.1, 0.15) is 0 Å². The van der Waals surface area contributed by atoms with Crippen LogP contribution in [-0.4, -0.2) is 32.9 Å². The van der Waals surface area contributed by atoms with E-state index < -0.39 is 27.3 Å². The SMILES string of the molecule is C=C(/C=C\C(=C)C(=O)C(=C)CS(=O)(=O)/C(C)=C/C=C/C)C(=O)NC. The molecule has 0 aromatic carbocycles. The standard InChI is InChI=1S/C18H23NO4S/c1-7-8-9-16(5)24(22,23)12-15(4)17(20)13(2)10-11-14(3)18(21)19-6/h7-11H,2-4,12H2,1,5-6H3,(H,19,21)/b8-7+,11-10-,16-9+. The van der Waals surface area contributed by atoms with Crippen LogP contribution in [0.2, 0.25) is 0 Å². The Labute approximate surface area is 143 Å². The molecule has 5 nitrogen and oxygen atoms in total. The van der Waals surface area contributed by atoms with Crippen molar-refractivity contribution in [1.82, 2.24) is 5.32 Å². The first-order valence-electron chi connectivity index (χ1n) is 7.09. The highest BCUT2D eigenvalue weighted by atomic mass is 32.2. The third-order valence-corrected chi connectivity index (χ3v) is 4.84. The molecule has 0 fully saturated rings. The van der Waals surface area contributed by atoms with E-state index in [2.05, 4.69) is 25.1 Å². The molecule has 24 heavy (non-hydrogen) atoms. The van der Waals surface area contributed by atoms with Crippen molar-refractivity contribution in [3.05, 3.63) is 71.7 Å². The molecule has 0 bridgehead atoms. The maximum Gasteiger partial charge on any atom is 0.250 e. The molecule has 0 radical (unpaired) electrons. The van der Waals surface area contributed by atoms with Gasteiger partial charge in [-0.15, -0.1) is 0 Å². The number of amides is 1. The van der Waals surface area contributed by atoms with Gasteiger partial charge in [-0.05, 0) is 26.0 Å². The molecule has 6 heteroatoms. The molecular weight excluding hydrogens is 326 g/mol. The number of hydrogen-bond donors (Lipinski definition) is 1. The Balaban J connectivity index is 5.04. The van der Waals surface area contributed by atoms with E-state index in [1.54, 1.807) is 19.1 Å². The number of hydrogen-bond acceptors (Lipinski definition) is 4. The molecule has 0 saturated carbocycles. The van der Waals surface area contributed by atoms with Crippen molar-refractivity contribution in [2.45, 2.75) is 13.8 Å². The molecule has 0 aliphatic heterocycles. The summed E-state index contributed by atoms with van der Waals surface area (Å²) in [5, 5.41) is 2.39. The van der Waals surface area contributed by atoms with E-state index >= 15 is 0 Å². The first-order chi connectivity index (χ1) is 11.1. The number of Topliss-reactive ketones (excluding diaryl/α,β-unsaturated/α-hetero) is 1. The van der Waals surface area contributed by atoms with Gasteiger partial charge in [-0.3, -0.25) is 9.59 Å². The lowest BCUT2D eigenvalue weighted by atomic mass is 10.1. The van der Waals surface area contributed by atoms with Gasteiger partial charge in [0.15, 0.2) is 15.6 Å². The summed E-state index contributed by atoms with van der Waals surface area (Å²) < 4.78 is 24.3. The average Bonchev–Trinajstić information content (AvgIpc) is 2.54. The molecule has 1 amide bonds. The van der Waals surface area contributed by atoms with E-state index in [0.29, 0.717) is 0 Å². The normalized spacial score (nSPS) is 12.4. The number of sulfone groups is 1. The van der Waals surface area contributed by atoms with E-state index in [0.717, 1.165) is 0 Å². The molecule has 0 heterocycles. The number of likely N-dealkylation sites (N-methyl/N-ethyl adjacent to an activating group) is 1. The first-order valence-corrected chi connectivity index (χ1v) is 8.74. The van der Waals surface area contributed by atoms with Crippen LogP contribution < -0.4 is 5.32 Å². The summed E-state index contributed by atoms with van der Waals surface area (Å²) in [6, 6.07) is 0. The monoisotopic (exact) mass is 349 g/mol. The summed E-state index contributed by atoms with van der Waals surface area (Å²) in [4.78, 5) is 23.6. The van der Waals surface area contributed by atoms with Crippen LogP contribution in [-0.2, 0) is 19.4 Å². The van der Waals surface area contributed by atoms with Gasteiger partial charge < -0.3 is 5.32 Å². The number of carbonyl (C=O) groups is 2. The van der Waals surface area contributed by atoms with Gasteiger partial charge >= 0.3 is 0 Å². The van der Waals surface area contributed by atoms with Crippen molar-refractivity contribution in [3.63, 3.8) is 0 Å². The van der Waals surface area contributed by atoms with Crippen LogP contribution in [0, 0.1) is 0 Å². The molecule has 0 saturated heterocycles. The average molecular weight is 349 g/mol. The van der Waals surface area contributed by atoms with Crippen molar-refractivity contribution in [3.8, 4) is 0 Å². The lowest BCUT2D eigenvalue weighted by molar-refractivity contribution is -0.116. The Bertz CT molecular complexity index is 750. The van der Waals surface area contributed by atoms with Crippen LogP contribution in [0.25, 0.3) is 0 Å². The molecule has 0 aromatic heterocycles. The van der Waals surface area contributed by atoms with Crippen LogP contribution in [0.4, 0.5) is 0 Å². The lowest BCUT2D eigenvalue weighted by Crippen LogP contribution is -2.18. The molecule has 0 aliphatic carbocycles. The fraction of sp³-hybridized carbons (Fsp3) is 0.222. The molecule has 0 unspecified atom stereocenters. The van der Waals surface area contributed by atoms with Gasteiger partial charge in [-0.1, -0.05) is 38.0 Å². The van der Waals surface area contributed by atoms with Gasteiger partial charge in [0.25, 0.3) is 0 Å². The number of rotatable bonds is 9. The Morgan fingerprint density at radius 2 is 1.62 bits per heavy atom. The second-order valence-corrected chi connectivity index (χ2v) is 7.12. The maximum atomic E-state index is 12.1. The number of carbonyl (C=O) groups excluding carboxylic acids is 2. The minimum atomic E-state index is -3.62. The van der Waals surface area contributed by atoms with E-state index in [-0.39, 0.29) is 21.6 Å². The Morgan fingerprint density at radius 3 is 2.12 bits per heavy atom. The van der Waals surface area contributed by atoms with Crippen molar-refractivity contribution in [2.75, 3.05) is 12.8 Å². The Morgan fingerprint density at radius 1 is 1.08 bits per heavy atom. The quantitative estimate of drug-likeness (QED) is 0.512. The molecule has 1 N–H and O–H groups in total. The topological polar surface area (TPSA) is 80.3 Å². The fourth-order valence-electron chi connectivity index (χ4n) is 1.48. The summed E-state index contributed by atoms with van der Waals surface area (Å²) in [5.41, 5.74) is 0.0774. The van der Waals surface area contributed by atoms with Crippen LogP contribution in [0.1, 0.15) is 13.8 Å². The smallest absolute Gasteiger partial charge is 0.250 e. The van der Waals surface area contributed by atoms with Gasteiger partial charge in [0, 0.05) is 28.7 Å². The molecule has 0 aliphatic rings. The number of ketones is 1. The summed E-state index contributed by atoms with van der Waals surface area (Å²) in [6.07, 6.45) is 7.39. The predicted molar refractivity (Wildman–Crippen MR) is 98.0 cm³/mol. The molecule has 130 valence electrons. The first kappa shape index (κ1) is 21.5. The van der Waals surface area contributed by atoms with Gasteiger partial charge in [0.2, 0.25) is 5.91 Å². The highest BCUT2D eigenvalue weighted by Crippen LogP contribution is 2.14. The zero-order chi connectivity index (χ0) is 18.9. The van der Waals surface area contributed by atoms with E-state index in [4.69, 9.17) is 0 Å². The van der Waals surface area contributed by atoms with Crippen molar-refractivity contribution in [2.24, 2.45) is 0 Å². The highest BCUT2D eigenvalue weighted by molar-refractivity contribution is 7.95. The number of nitrogens with one attached hydrogen (secondary N) is 1. The summed E-state index contributed by atoms with van der Waals surface area (Å²) in [5.74, 6) is -1.47. The second kappa shape index (κ2) is 9.62. The molecule has 0 atom stereocenters. The van der Waals surface area contributed by atoms with Crippen molar-refractivity contribution in [1.29, 1.82) is 0 Å². The maximum absolute atomic E-state index is 12.1. The van der Waals surface area contributed by atoms with Gasteiger partial charge in [0.05, 0.1) is 5.75 Å². The summed E-state index contributed by atoms with van der Waals surface area (Å²) >= 11 is 0. The van der Waals surface area contributed by atoms with Gasteiger partial charge in [-0.25, -0.2) is 8.42 Å². The van der Waals surface area contributed by atoms with Gasteiger partial charge in [-0.2, -0.15) is 0 Å². The summed E-state index contributed by atoms with van der Waals surface area (Å²) in [6.45, 7) is 13.8. The van der Waals surface area contributed by atoms with E-state index in [1.807, 2.05) is 0 Å². The van der Waals surface area contributed by atoms with Crippen LogP contribution in [0.5, 0.6) is 0 Å². The van der Waals surface area contributed by atoms with Crippen molar-refractivity contribution >= 4 is 21.5 Å². The van der Waals surface area contributed by atoms with Crippen LogP contribution >= 0.6 is 0 Å². The largest absolute Gasteiger partial charge is 0.355 e. The third-order valence-electron chi connectivity index (χ3n) is 3.00. The highest BCUT2D eigenvalue weighted by Gasteiger charge is 2.19. The third kappa shape index (κ3) is 6.75. The molecular formula is C18H23NO4S. The lowest BCUT2D eigenvalue weighted by Gasteiger charge is -2.07. The van der Waals surface area contributed by atoms with E-state index in [1.165, 1.54) is 32.2 Å². The minimum absolute atomic E-state index is 0.0235. The zero-order valence-electron chi connectivity index (χ0n) is 14.3. The Hall–Kier alpha value is -2.47. The Kier molecular flexibility index (Phi) is 8.63. The second-order valence-electron chi connectivity index (χ2n) is 4.96. The van der Waals surface area contributed by atoms with Crippen molar-refractivity contribution < 1.29 is 18.0 Å². The fourth-order valence-corrected chi connectivity index (χ4v) is 2.59. The van der Waals surface area contributed by atoms with E-state index in [9.17, 15) is 18.0 Å². The number of allylic oxidation sites excluding steroid dienone is 6. The minimum Gasteiger partial charge on any atom is -0.355 e.